The van der Waals surface area contributed by atoms with Crippen LogP contribution in [-0.4, -0.2) is 24.7 Å². The van der Waals surface area contributed by atoms with Crippen LogP contribution in [0.5, 0.6) is 5.75 Å². The first-order valence-electron chi connectivity index (χ1n) is 6.92. The zero-order chi connectivity index (χ0) is 15.9. The Labute approximate surface area is 129 Å². The Morgan fingerprint density at radius 3 is 2.77 bits per heavy atom. The smallest absolute Gasteiger partial charge is 0.244 e. The number of hydrogen-bond donors (Lipinski definition) is 2. The van der Waals surface area contributed by atoms with E-state index < -0.39 is 6.04 Å². The first-order chi connectivity index (χ1) is 10.7. The van der Waals surface area contributed by atoms with Gasteiger partial charge in [-0.2, -0.15) is 0 Å². The summed E-state index contributed by atoms with van der Waals surface area (Å²) in [5, 5.41) is 12.1. The SMILES string of the molecule is COc1ccccc1/C(C)=C/C(=O)NC(CO)c1ccco1. The van der Waals surface area contributed by atoms with Crippen molar-refractivity contribution in [2.24, 2.45) is 0 Å². The zero-order valence-corrected chi connectivity index (χ0v) is 12.6. The van der Waals surface area contributed by atoms with E-state index in [1.165, 1.54) is 12.3 Å². The largest absolute Gasteiger partial charge is 0.496 e. The average Bonchev–Trinajstić information content (AvgIpc) is 3.06. The van der Waals surface area contributed by atoms with Crippen molar-refractivity contribution < 1.29 is 19.1 Å². The maximum absolute atomic E-state index is 12.1. The lowest BCUT2D eigenvalue weighted by Crippen LogP contribution is -2.29. The number of benzene rings is 1. The van der Waals surface area contributed by atoms with Crippen LogP contribution in [0.2, 0.25) is 0 Å². The molecule has 1 aromatic heterocycles. The normalized spacial score (nSPS) is 12.8. The summed E-state index contributed by atoms with van der Waals surface area (Å²) < 4.78 is 10.5. The number of aliphatic hydroxyl groups is 1. The summed E-state index contributed by atoms with van der Waals surface area (Å²) in [5.74, 6) is 0.909. The minimum Gasteiger partial charge on any atom is -0.496 e. The zero-order valence-electron chi connectivity index (χ0n) is 12.6. The van der Waals surface area contributed by atoms with Crippen molar-refractivity contribution in [2.45, 2.75) is 13.0 Å². The molecular formula is C17H19NO4. The maximum atomic E-state index is 12.1. The van der Waals surface area contributed by atoms with Crippen molar-refractivity contribution >= 4 is 11.5 Å². The Hall–Kier alpha value is -2.53. The molecule has 1 amide bonds. The lowest BCUT2D eigenvalue weighted by molar-refractivity contribution is -0.117. The third-order valence-corrected chi connectivity index (χ3v) is 3.27. The van der Waals surface area contributed by atoms with Crippen LogP contribution in [0.4, 0.5) is 0 Å². The van der Waals surface area contributed by atoms with Gasteiger partial charge in [-0.05, 0) is 30.7 Å². The molecule has 1 atom stereocenters. The lowest BCUT2D eigenvalue weighted by Gasteiger charge is -2.13. The van der Waals surface area contributed by atoms with E-state index >= 15 is 0 Å². The van der Waals surface area contributed by atoms with Gasteiger partial charge >= 0.3 is 0 Å². The molecule has 2 rings (SSSR count). The second-order valence-electron chi connectivity index (χ2n) is 4.79. The Bertz CT molecular complexity index is 646. The summed E-state index contributed by atoms with van der Waals surface area (Å²) in [4.78, 5) is 12.1. The van der Waals surface area contributed by atoms with Gasteiger partial charge in [-0.1, -0.05) is 18.2 Å². The molecule has 0 aliphatic rings. The molecule has 0 saturated carbocycles. The standard InChI is InChI=1S/C17H19NO4/c1-12(13-6-3-4-7-15(13)21-2)10-17(20)18-14(11-19)16-8-5-9-22-16/h3-10,14,19H,11H2,1-2H3,(H,18,20)/b12-10+. The number of ether oxygens (including phenoxy) is 1. The van der Waals surface area contributed by atoms with E-state index in [-0.39, 0.29) is 12.5 Å². The van der Waals surface area contributed by atoms with E-state index in [0.717, 1.165) is 11.1 Å². The fraction of sp³-hybridized carbons (Fsp3) is 0.235. The summed E-state index contributed by atoms with van der Waals surface area (Å²) in [6.07, 6.45) is 2.98. The van der Waals surface area contributed by atoms with Gasteiger partial charge in [-0.3, -0.25) is 4.79 Å². The van der Waals surface area contributed by atoms with Crippen molar-refractivity contribution in [1.29, 1.82) is 0 Å². The number of para-hydroxylation sites is 1. The summed E-state index contributed by atoms with van der Waals surface area (Å²) in [6, 6.07) is 10.3. The van der Waals surface area contributed by atoms with Crippen molar-refractivity contribution in [2.75, 3.05) is 13.7 Å². The van der Waals surface area contributed by atoms with Gasteiger partial charge in [-0.25, -0.2) is 0 Å². The molecule has 0 bridgehead atoms. The van der Waals surface area contributed by atoms with Crippen LogP contribution in [0.15, 0.2) is 53.2 Å². The number of carbonyl (C=O) groups excluding carboxylic acids is 1. The van der Waals surface area contributed by atoms with E-state index in [1.807, 2.05) is 31.2 Å². The summed E-state index contributed by atoms with van der Waals surface area (Å²) in [7, 11) is 1.59. The van der Waals surface area contributed by atoms with Gasteiger partial charge < -0.3 is 19.6 Å². The fourth-order valence-electron chi connectivity index (χ4n) is 2.15. The van der Waals surface area contributed by atoms with Crippen LogP contribution < -0.4 is 10.1 Å². The predicted octanol–water partition coefficient (Wildman–Crippen LogP) is 2.54. The number of methoxy groups -OCH3 is 1. The highest BCUT2D eigenvalue weighted by atomic mass is 16.5. The summed E-state index contributed by atoms with van der Waals surface area (Å²) >= 11 is 0. The number of carbonyl (C=O) groups is 1. The van der Waals surface area contributed by atoms with Crippen LogP contribution in [0, 0.1) is 0 Å². The van der Waals surface area contributed by atoms with Gasteiger partial charge in [0.25, 0.3) is 0 Å². The monoisotopic (exact) mass is 301 g/mol. The maximum Gasteiger partial charge on any atom is 0.244 e. The van der Waals surface area contributed by atoms with Crippen LogP contribution in [-0.2, 0) is 4.79 Å². The van der Waals surface area contributed by atoms with E-state index in [9.17, 15) is 9.90 Å². The number of amides is 1. The van der Waals surface area contributed by atoms with Crippen molar-refractivity contribution in [3.8, 4) is 5.75 Å². The molecule has 22 heavy (non-hydrogen) atoms. The third-order valence-electron chi connectivity index (χ3n) is 3.27. The molecule has 2 aromatic rings. The fourth-order valence-corrected chi connectivity index (χ4v) is 2.15. The number of aliphatic hydroxyl groups excluding tert-OH is 1. The highest BCUT2D eigenvalue weighted by molar-refractivity contribution is 5.95. The highest BCUT2D eigenvalue weighted by Crippen LogP contribution is 2.25. The first-order valence-corrected chi connectivity index (χ1v) is 6.92. The molecular weight excluding hydrogens is 282 g/mol. The molecule has 5 nitrogen and oxygen atoms in total. The molecule has 0 aliphatic carbocycles. The van der Waals surface area contributed by atoms with Crippen LogP contribution in [0.25, 0.3) is 5.57 Å². The topological polar surface area (TPSA) is 71.7 Å². The first kappa shape index (κ1) is 15.9. The van der Waals surface area contributed by atoms with Gasteiger partial charge in [0.2, 0.25) is 5.91 Å². The second-order valence-corrected chi connectivity index (χ2v) is 4.79. The molecule has 0 fully saturated rings. The molecule has 0 aliphatic heterocycles. The third kappa shape index (κ3) is 3.77. The molecule has 116 valence electrons. The van der Waals surface area contributed by atoms with Crippen molar-refractivity contribution in [3.05, 3.63) is 60.1 Å². The molecule has 0 spiro atoms. The molecule has 5 heteroatoms. The van der Waals surface area contributed by atoms with E-state index in [1.54, 1.807) is 19.2 Å². The Morgan fingerprint density at radius 1 is 1.36 bits per heavy atom. The van der Waals surface area contributed by atoms with Gasteiger partial charge in [0.05, 0.1) is 20.0 Å². The number of furan rings is 1. The van der Waals surface area contributed by atoms with E-state index in [4.69, 9.17) is 9.15 Å². The van der Waals surface area contributed by atoms with Crippen LogP contribution in [0.3, 0.4) is 0 Å². The highest BCUT2D eigenvalue weighted by Gasteiger charge is 2.15. The van der Waals surface area contributed by atoms with Crippen LogP contribution >= 0.6 is 0 Å². The minimum absolute atomic E-state index is 0.235. The predicted molar refractivity (Wildman–Crippen MR) is 83.3 cm³/mol. The van der Waals surface area contributed by atoms with Crippen LogP contribution in [0.1, 0.15) is 24.3 Å². The van der Waals surface area contributed by atoms with Crippen molar-refractivity contribution in [3.63, 3.8) is 0 Å². The number of rotatable bonds is 6. The van der Waals surface area contributed by atoms with E-state index in [0.29, 0.717) is 11.5 Å². The molecule has 0 saturated heterocycles. The van der Waals surface area contributed by atoms with E-state index in [2.05, 4.69) is 5.32 Å². The Morgan fingerprint density at radius 2 is 2.14 bits per heavy atom. The van der Waals surface area contributed by atoms with Gasteiger partial charge in [0, 0.05) is 11.6 Å². The minimum atomic E-state index is -0.566. The van der Waals surface area contributed by atoms with Gasteiger partial charge in [0.15, 0.2) is 0 Å². The number of nitrogens with one attached hydrogen (secondary N) is 1. The molecule has 0 radical (unpaired) electrons. The summed E-state index contributed by atoms with van der Waals surface area (Å²) in [5.41, 5.74) is 1.62. The molecule has 2 N–H and O–H groups in total. The van der Waals surface area contributed by atoms with Gasteiger partial charge in [-0.15, -0.1) is 0 Å². The molecule has 1 heterocycles. The van der Waals surface area contributed by atoms with Gasteiger partial charge in [0.1, 0.15) is 17.6 Å². The second kappa shape index (κ2) is 7.47. The number of hydrogen-bond acceptors (Lipinski definition) is 4. The lowest BCUT2D eigenvalue weighted by atomic mass is 10.1. The average molecular weight is 301 g/mol. The molecule has 1 aromatic carbocycles. The number of allylic oxidation sites excluding steroid dienone is 1. The molecule has 1 unspecified atom stereocenters. The summed E-state index contributed by atoms with van der Waals surface area (Å²) in [6.45, 7) is 1.60. The Balaban J connectivity index is 2.12. The quantitative estimate of drug-likeness (QED) is 0.804. The Kier molecular flexibility index (Phi) is 5.38. The van der Waals surface area contributed by atoms with Crippen molar-refractivity contribution in [1.82, 2.24) is 5.32 Å².